The summed E-state index contributed by atoms with van der Waals surface area (Å²) in [6.45, 7) is 0.635. The van der Waals surface area contributed by atoms with Gasteiger partial charge in [-0.2, -0.15) is 0 Å². The average molecular weight is 451 g/mol. The van der Waals surface area contributed by atoms with Gasteiger partial charge in [0.25, 0.3) is 0 Å². The van der Waals surface area contributed by atoms with Gasteiger partial charge in [-0.3, -0.25) is 4.79 Å². The van der Waals surface area contributed by atoms with E-state index in [1.165, 1.54) is 33.7 Å². The van der Waals surface area contributed by atoms with E-state index in [-0.39, 0.29) is 11.4 Å². The molecule has 1 spiro atoms. The Kier molecular flexibility index (Phi) is 3.53. The lowest BCUT2D eigenvalue weighted by Gasteiger charge is -2.21. The van der Waals surface area contributed by atoms with Crippen LogP contribution in [0.15, 0.2) is 18.2 Å². The molecule has 124 valence electrons. The number of esters is 1. The molecule has 3 aliphatic rings. The molecule has 1 aromatic carbocycles. The molecule has 3 nitrogen and oxygen atoms in total. The van der Waals surface area contributed by atoms with Crippen LogP contribution in [0.2, 0.25) is 0 Å². The van der Waals surface area contributed by atoms with E-state index in [0.29, 0.717) is 18.9 Å². The molecule has 5 heteroatoms. The largest absolute Gasteiger partial charge is 0.465 e. The lowest BCUT2D eigenvalue weighted by Crippen LogP contribution is -2.16. The fourth-order valence-corrected chi connectivity index (χ4v) is 6.53. The van der Waals surface area contributed by atoms with E-state index in [1.54, 1.807) is 0 Å². The maximum Gasteiger partial charge on any atom is 0.306 e. The fraction of sp³-hybridized carbons (Fsp3) is 0.474. The molecule has 2 aromatic rings. The van der Waals surface area contributed by atoms with Crippen molar-refractivity contribution in [3.8, 4) is 10.4 Å². The average Bonchev–Trinajstić information content (AvgIpc) is 3.26. The van der Waals surface area contributed by atoms with Crippen LogP contribution >= 0.6 is 33.9 Å². The van der Waals surface area contributed by atoms with Crippen molar-refractivity contribution in [3.05, 3.63) is 38.0 Å². The molecule has 1 saturated carbocycles. The number of rotatable bonds is 1. The molecule has 0 radical (unpaired) electrons. The summed E-state index contributed by atoms with van der Waals surface area (Å²) < 4.78 is 6.40. The molecule has 2 heterocycles. The maximum atomic E-state index is 11.5. The zero-order valence-corrected chi connectivity index (χ0v) is 16.3. The Balaban J connectivity index is 1.44. The molecule has 1 saturated heterocycles. The molecule has 2 fully saturated rings. The van der Waals surface area contributed by atoms with E-state index in [2.05, 4.69) is 45.8 Å². The van der Waals surface area contributed by atoms with Gasteiger partial charge >= 0.3 is 5.97 Å². The molecule has 2 aliphatic carbocycles. The third-order valence-corrected chi connectivity index (χ3v) is 7.73. The second-order valence-corrected chi connectivity index (χ2v) is 10.2. The van der Waals surface area contributed by atoms with Crippen molar-refractivity contribution in [2.24, 2.45) is 5.41 Å². The van der Waals surface area contributed by atoms with Crippen molar-refractivity contribution in [3.63, 3.8) is 0 Å². The molecule has 0 N–H and O–H groups in total. The van der Waals surface area contributed by atoms with Crippen LogP contribution in [0.4, 0.5) is 0 Å². The number of hydrogen-bond donors (Lipinski definition) is 0. The Morgan fingerprint density at radius 2 is 2.25 bits per heavy atom. The Bertz CT molecular complexity index is 846. The minimum Gasteiger partial charge on any atom is -0.465 e. The second kappa shape index (κ2) is 5.53. The molecular formula is C19H18INO2S. The van der Waals surface area contributed by atoms with Gasteiger partial charge in [0.2, 0.25) is 0 Å². The van der Waals surface area contributed by atoms with E-state index < -0.39 is 0 Å². The number of cyclic esters (lactones) is 1. The van der Waals surface area contributed by atoms with Crippen molar-refractivity contribution in [1.29, 1.82) is 0 Å². The number of nitrogens with zero attached hydrogens (tertiary/aromatic N) is 1. The number of ether oxygens (including phenoxy) is 1. The van der Waals surface area contributed by atoms with Gasteiger partial charge in [0, 0.05) is 5.41 Å². The molecule has 0 bridgehead atoms. The predicted molar refractivity (Wildman–Crippen MR) is 102 cm³/mol. The van der Waals surface area contributed by atoms with Gasteiger partial charge in [0.15, 0.2) is 3.01 Å². The van der Waals surface area contributed by atoms with E-state index in [9.17, 15) is 4.79 Å². The molecule has 24 heavy (non-hydrogen) atoms. The summed E-state index contributed by atoms with van der Waals surface area (Å²) in [5.74, 6) is 0.571. The monoisotopic (exact) mass is 451 g/mol. The topological polar surface area (TPSA) is 39.2 Å². The minimum atomic E-state index is -0.00609. The van der Waals surface area contributed by atoms with E-state index in [4.69, 9.17) is 4.74 Å². The molecule has 1 aliphatic heterocycles. The SMILES string of the molecule is O=C1C[C@@]2(CC[C@H](c3ccc4c(c3)CCc3nc(I)sc3-4)C2)CO1. The first kappa shape index (κ1) is 15.3. The number of fused-ring (bicyclic) bond motifs is 3. The summed E-state index contributed by atoms with van der Waals surface area (Å²) >= 11 is 4.13. The van der Waals surface area contributed by atoms with Gasteiger partial charge in [0.05, 0.1) is 23.6 Å². The Morgan fingerprint density at radius 3 is 3.08 bits per heavy atom. The number of benzene rings is 1. The number of carbonyl (C=O) groups excluding carboxylic acids is 1. The number of halogens is 1. The predicted octanol–water partition coefficient (Wildman–Crippen LogP) is 4.71. The van der Waals surface area contributed by atoms with Gasteiger partial charge in [-0.05, 0) is 77.3 Å². The highest BCUT2D eigenvalue weighted by Gasteiger charge is 2.46. The van der Waals surface area contributed by atoms with E-state index >= 15 is 0 Å². The highest BCUT2D eigenvalue weighted by Crippen LogP contribution is 2.52. The Hall–Kier alpha value is -0.950. The van der Waals surface area contributed by atoms with Crippen LogP contribution in [0.3, 0.4) is 0 Å². The van der Waals surface area contributed by atoms with E-state index in [0.717, 1.165) is 28.7 Å². The lowest BCUT2D eigenvalue weighted by atomic mass is 9.82. The molecule has 1 aromatic heterocycles. The first-order chi connectivity index (χ1) is 11.6. The van der Waals surface area contributed by atoms with Crippen LogP contribution in [0.5, 0.6) is 0 Å². The zero-order valence-electron chi connectivity index (χ0n) is 13.3. The number of hydrogen-bond acceptors (Lipinski definition) is 4. The van der Waals surface area contributed by atoms with E-state index in [1.807, 2.05) is 11.3 Å². The summed E-state index contributed by atoms with van der Waals surface area (Å²) in [5, 5.41) is 0. The summed E-state index contributed by atoms with van der Waals surface area (Å²) in [7, 11) is 0. The lowest BCUT2D eigenvalue weighted by molar-refractivity contribution is -0.137. The van der Waals surface area contributed by atoms with Gasteiger partial charge < -0.3 is 4.74 Å². The van der Waals surface area contributed by atoms with Gasteiger partial charge in [0.1, 0.15) is 0 Å². The van der Waals surface area contributed by atoms with Gasteiger partial charge in [-0.1, -0.05) is 18.2 Å². The van der Waals surface area contributed by atoms with Crippen LogP contribution in [-0.2, 0) is 22.4 Å². The van der Waals surface area contributed by atoms with Crippen LogP contribution < -0.4 is 0 Å². The molecule has 5 rings (SSSR count). The zero-order chi connectivity index (χ0) is 16.3. The molecule has 0 amide bonds. The van der Waals surface area contributed by atoms with Crippen molar-refractivity contribution < 1.29 is 9.53 Å². The van der Waals surface area contributed by atoms with Crippen LogP contribution in [0, 0.1) is 8.43 Å². The minimum absolute atomic E-state index is 0.00609. The number of carbonyl (C=O) groups is 1. The van der Waals surface area contributed by atoms with Crippen LogP contribution in [-0.4, -0.2) is 17.6 Å². The summed E-state index contributed by atoms with van der Waals surface area (Å²) in [6.07, 6.45) is 6.17. The van der Waals surface area contributed by atoms with Gasteiger partial charge in [-0.25, -0.2) is 4.98 Å². The Labute approximate surface area is 159 Å². The molecule has 2 atom stereocenters. The first-order valence-electron chi connectivity index (χ1n) is 8.56. The smallest absolute Gasteiger partial charge is 0.306 e. The van der Waals surface area contributed by atoms with Crippen LogP contribution in [0.1, 0.15) is 48.4 Å². The normalized spacial score (nSPS) is 28.0. The fourth-order valence-electron chi connectivity index (χ4n) is 4.68. The van der Waals surface area contributed by atoms with Crippen LogP contribution in [0.25, 0.3) is 10.4 Å². The first-order valence-corrected chi connectivity index (χ1v) is 10.5. The third-order valence-electron chi connectivity index (χ3n) is 5.91. The third kappa shape index (κ3) is 2.43. The van der Waals surface area contributed by atoms with Gasteiger partial charge in [-0.15, -0.1) is 11.3 Å². The summed E-state index contributed by atoms with van der Waals surface area (Å²) in [6, 6.07) is 7.03. The number of aromatic nitrogens is 1. The summed E-state index contributed by atoms with van der Waals surface area (Å²) in [4.78, 5) is 17.6. The Morgan fingerprint density at radius 1 is 1.33 bits per heavy atom. The van der Waals surface area contributed by atoms with Crippen molar-refractivity contribution in [1.82, 2.24) is 4.98 Å². The van der Waals surface area contributed by atoms with Crippen molar-refractivity contribution in [2.45, 2.75) is 44.4 Å². The standard InChI is InChI=1S/C19H18INO2S/c20-18-21-15-4-2-12-7-11(1-3-14(12)17(15)24-18)13-5-6-19(8-13)9-16(22)23-10-19/h1,3,7,13H,2,4-6,8-10H2/t13-,19-/m0/s1. The second-order valence-electron chi connectivity index (χ2n) is 7.44. The number of thiazole rings is 1. The van der Waals surface area contributed by atoms with Crippen molar-refractivity contribution >= 4 is 39.9 Å². The number of aryl methyl sites for hydroxylation is 2. The highest BCUT2D eigenvalue weighted by atomic mass is 127. The quantitative estimate of drug-likeness (QED) is 0.466. The molecule has 0 unspecified atom stereocenters. The summed E-state index contributed by atoms with van der Waals surface area (Å²) in [5.41, 5.74) is 5.70. The highest BCUT2D eigenvalue weighted by molar-refractivity contribution is 14.1. The maximum absolute atomic E-state index is 11.5. The molecular weight excluding hydrogens is 433 g/mol. The van der Waals surface area contributed by atoms with Crippen molar-refractivity contribution in [2.75, 3.05) is 6.61 Å².